The van der Waals surface area contributed by atoms with E-state index in [-0.39, 0.29) is 18.0 Å². The van der Waals surface area contributed by atoms with E-state index in [1.807, 2.05) is 20.8 Å². The summed E-state index contributed by atoms with van der Waals surface area (Å²) in [6.45, 7) is 11.2. The molecule has 0 aliphatic rings. The summed E-state index contributed by atoms with van der Waals surface area (Å²) in [5.41, 5.74) is -0.171. The lowest BCUT2D eigenvalue weighted by Crippen LogP contribution is -2.51. The van der Waals surface area contributed by atoms with Gasteiger partial charge in [-0.25, -0.2) is 5.01 Å². The van der Waals surface area contributed by atoms with Crippen molar-refractivity contribution < 1.29 is 4.79 Å². The number of hydrogen-bond donors (Lipinski definition) is 2. The van der Waals surface area contributed by atoms with Crippen molar-refractivity contribution in [1.82, 2.24) is 10.3 Å². The molecule has 15 heavy (non-hydrogen) atoms. The fraction of sp³-hybridized carbons (Fsp3) is 0.909. The van der Waals surface area contributed by atoms with Crippen molar-refractivity contribution in [3.63, 3.8) is 0 Å². The minimum atomic E-state index is -0.171. The van der Waals surface area contributed by atoms with Gasteiger partial charge in [-0.3, -0.25) is 10.6 Å². The van der Waals surface area contributed by atoms with Crippen LogP contribution in [0.1, 0.15) is 41.0 Å². The second kappa shape index (κ2) is 6.08. The molecule has 0 bridgehead atoms. The van der Waals surface area contributed by atoms with Gasteiger partial charge in [0.15, 0.2) is 0 Å². The van der Waals surface area contributed by atoms with E-state index in [1.54, 1.807) is 5.01 Å². The fourth-order valence-corrected chi connectivity index (χ4v) is 0.948. The quantitative estimate of drug-likeness (QED) is 0.534. The SMILES string of the molecule is CC(C)CCNC(=O)CN(N)C(C)(C)C. The molecule has 0 aromatic carbocycles. The summed E-state index contributed by atoms with van der Waals surface area (Å²) in [6.07, 6.45) is 1.01. The van der Waals surface area contributed by atoms with E-state index in [0.29, 0.717) is 5.92 Å². The van der Waals surface area contributed by atoms with Gasteiger partial charge in [0.2, 0.25) is 5.91 Å². The second-order valence-corrected chi connectivity index (χ2v) is 5.33. The molecule has 4 nitrogen and oxygen atoms in total. The van der Waals surface area contributed by atoms with Gasteiger partial charge in [-0.15, -0.1) is 0 Å². The molecule has 0 spiro atoms. The minimum absolute atomic E-state index is 0.00641. The summed E-state index contributed by atoms with van der Waals surface area (Å²) in [7, 11) is 0. The Labute approximate surface area is 93.2 Å². The second-order valence-electron chi connectivity index (χ2n) is 5.33. The molecule has 0 aliphatic carbocycles. The van der Waals surface area contributed by atoms with Gasteiger partial charge in [0.25, 0.3) is 0 Å². The first-order valence-electron chi connectivity index (χ1n) is 5.52. The monoisotopic (exact) mass is 215 g/mol. The zero-order valence-corrected chi connectivity index (χ0v) is 10.6. The molecule has 90 valence electrons. The van der Waals surface area contributed by atoms with Crippen LogP contribution in [0, 0.1) is 5.92 Å². The number of hydrogen-bond acceptors (Lipinski definition) is 3. The van der Waals surface area contributed by atoms with Crippen LogP contribution in [-0.2, 0) is 4.79 Å². The fourth-order valence-electron chi connectivity index (χ4n) is 0.948. The highest BCUT2D eigenvalue weighted by molar-refractivity contribution is 5.77. The first-order valence-corrected chi connectivity index (χ1v) is 5.52. The summed E-state index contributed by atoms with van der Waals surface area (Å²) in [5, 5.41) is 4.41. The number of carbonyl (C=O) groups excluding carboxylic acids is 1. The Kier molecular flexibility index (Phi) is 5.83. The highest BCUT2D eigenvalue weighted by Gasteiger charge is 2.19. The highest BCUT2D eigenvalue weighted by atomic mass is 16.2. The number of nitrogens with zero attached hydrogens (tertiary/aromatic N) is 1. The van der Waals surface area contributed by atoms with Crippen LogP contribution in [0.5, 0.6) is 0 Å². The molecule has 0 unspecified atom stereocenters. The maximum atomic E-state index is 11.4. The van der Waals surface area contributed by atoms with E-state index >= 15 is 0 Å². The molecule has 0 saturated carbocycles. The van der Waals surface area contributed by atoms with Crippen LogP contribution >= 0.6 is 0 Å². The number of amides is 1. The molecule has 0 radical (unpaired) electrons. The molecule has 0 aromatic heterocycles. The minimum Gasteiger partial charge on any atom is -0.355 e. The van der Waals surface area contributed by atoms with Gasteiger partial charge in [-0.2, -0.15) is 0 Å². The van der Waals surface area contributed by atoms with Crippen molar-refractivity contribution in [3.05, 3.63) is 0 Å². The third-order valence-electron chi connectivity index (χ3n) is 2.22. The number of rotatable bonds is 5. The predicted molar refractivity (Wildman–Crippen MR) is 63.1 cm³/mol. The van der Waals surface area contributed by atoms with Crippen LogP contribution in [0.25, 0.3) is 0 Å². The van der Waals surface area contributed by atoms with Crippen molar-refractivity contribution in [1.29, 1.82) is 0 Å². The summed E-state index contributed by atoms with van der Waals surface area (Å²) < 4.78 is 0. The van der Waals surface area contributed by atoms with E-state index in [0.717, 1.165) is 13.0 Å². The number of hydrazine groups is 1. The Bertz CT molecular complexity index is 196. The molecule has 1 amide bonds. The Morgan fingerprint density at radius 1 is 1.40 bits per heavy atom. The molecule has 0 fully saturated rings. The maximum absolute atomic E-state index is 11.4. The third kappa shape index (κ3) is 7.33. The first kappa shape index (κ1) is 14.4. The molecule has 0 atom stereocenters. The summed E-state index contributed by atoms with van der Waals surface area (Å²) >= 11 is 0. The summed E-state index contributed by atoms with van der Waals surface area (Å²) in [4.78, 5) is 11.4. The van der Waals surface area contributed by atoms with Crippen LogP contribution in [0.15, 0.2) is 0 Å². The molecule has 0 aromatic rings. The van der Waals surface area contributed by atoms with E-state index in [4.69, 9.17) is 5.84 Å². The Hall–Kier alpha value is -0.610. The van der Waals surface area contributed by atoms with Crippen LogP contribution in [0.3, 0.4) is 0 Å². The van der Waals surface area contributed by atoms with Crippen LogP contribution in [0.2, 0.25) is 0 Å². The first-order chi connectivity index (χ1) is 6.73. The Morgan fingerprint density at radius 3 is 2.33 bits per heavy atom. The van der Waals surface area contributed by atoms with E-state index < -0.39 is 0 Å². The van der Waals surface area contributed by atoms with Crippen molar-refractivity contribution >= 4 is 5.91 Å². The molecule has 0 aliphatic heterocycles. The number of carbonyl (C=O) groups is 1. The van der Waals surface area contributed by atoms with Crippen LogP contribution < -0.4 is 11.2 Å². The maximum Gasteiger partial charge on any atom is 0.235 e. The molecular formula is C11H25N3O. The molecule has 4 heteroatoms. The molecule has 0 saturated heterocycles. The number of nitrogens with two attached hydrogens (primary N) is 1. The molecule has 3 N–H and O–H groups in total. The van der Waals surface area contributed by atoms with Crippen LogP contribution in [-0.4, -0.2) is 29.5 Å². The van der Waals surface area contributed by atoms with Crippen molar-refractivity contribution in [2.24, 2.45) is 11.8 Å². The van der Waals surface area contributed by atoms with E-state index in [1.165, 1.54) is 0 Å². The normalized spacial score (nSPS) is 12.3. The zero-order chi connectivity index (χ0) is 12.1. The lowest BCUT2D eigenvalue weighted by Gasteiger charge is -2.30. The standard InChI is InChI=1S/C11H25N3O/c1-9(2)6-7-13-10(15)8-14(12)11(3,4)5/h9H,6-8,12H2,1-5H3,(H,13,15). The van der Waals surface area contributed by atoms with E-state index in [2.05, 4.69) is 19.2 Å². The van der Waals surface area contributed by atoms with Crippen molar-refractivity contribution in [2.45, 2.75) is 46.6 Å². The summed E-state index contributed by atoms with van der Waals surface area (Å²) in [5.74, 6) is 6.36. The third-order valence-corrected chi connectivity index (χ3v) is 2.22. The molecule has 0 heterocycles. The highest BCUT2D eigenvalue weighted by Crippen LogP contribution is 2.06. The van der Waals surface area contributed by atoms with Gasteiger partial charge in [-0.05, 0) is 33.1 Å². The van der Waals surface area contributed by atoms with Gasteiger partial charge in [-0.1, -0.05) is 13.8 Å². The van der Waals surface area contributed by atoms with E-state index in [9.17, 15) is 4.79 Å². The van der Waals surface area contributed by atoms with Gasteiger partial charge >= 0.3 is 0 Å². The Balaban J connectivity index is 3.75. The van der Waals surface area contributed by atoms with Gasteiger partial charge < -0.3 is 5.32 Å². The predicted octanol–water partition coefficient (Wildman–Crippen LogP) is 1.12. The van der Waals surface area contributed by atoms with Crippen LogP contribution in [0.4, 0.5) is 0 Å². The molecule has 0 rings (SSSR count). The topological polar surface area (TPSA) is 58.4 Å². The average Bonchev–Trinajstić information content (AvgIpc) is 2.01. The van der Waals surface area contributed by atoms with Gasteiger partial charge in [0.05, 0.1) is 6.54 Å². The van der Waals surface area contributed by atoms with Gasteiger partial charge in [0.1, 0.15) is 0 Å². The summed E-state index contributed by atoms with van der Waals surface area (Å²) in [6, 6.07) is 0. The van der Waals surface area contributed by atoms with Crippen molar-refractivity contribution in [2.75, 3.05) is 13.1 Å². The largest absolute Gasteiger partial charge is 0.355 e. The lowest BCUT2D eigenvalue weighted by atomic mass is 10.1. The lowest BCUT2D eigenvalue weighted by molar-refractivity contribution is -0.123. The zero-order valence-electron chi connectivity index (χ0n) is 10.6. The number of nitrogens with one attached hydrogen (secondary N) is 1. The molecular weight excluding hydrogens is 190 g/mol. The average molecular weight is 215 g/mol. The Morgan fingerprint density at radius 2 is 1.93 bits per heavy atom. The van der Waals surface area contributed by atoms with Gasteiger partial charge in [0, 0.05) is 12.1 Å². The van der Waals surface area contributed by atoms with Crippen molar-refractivity contribution in [3.8, 4) is 0 Å². The smallest absolute Gasteiger partial charge is 0.235 e.